The first kappa shape index (κ1) is 24.0. The highest BCUT2D eigenvalue weighted by molar-refractivity contribution is 6.19. The van der Waals surface area contributed by atoms with Crippen molar-refractivity contribution in [3.8, 4) is 11.1 Å². The third-order valence-electron chi connectivity index (χ3n) is 9.03. The Hall–Kier alpha value is -4.88. The van der Waals surface area contributed by atoms with Crippen molar-refractivity contribution < 1.29 is 0 Å². The predicted octanol–water partition coefficient (Wildman–Crippen LogP) is 11.2. The minimum Gasteiger partial charge on any atom is -0.310 e. The van der Waals surface area contributed by atoms with Crippen molar-refractivity contribution in [1.82, 2.24) is 0 Å². The van der Waals surface area contributed by atoms with E-state index in [0.717, 1.165) is 17.1 Å². The van der Waals surface area contributed by atoms with Crippen molar-refractivity contribution in [2.24, 2.45) is 0 Å². The zero-order valence-corrected chi connectivity index (χ0v) is 23.6. The zero-order chi connectivity index (χ0) is 27.7. The highest BCUT2D eigenvalue weighted by Crippen LogP contribution is 2.55. The number of rotatable bonds is 3. The van der Waals surface area contributed by atoms with Gasteiger partial charge < -0.3 is 4.90 Å². The Morgan fingerprint density at radius 1 is 0.488 bits per heavy atom. The van der Waals surface area contributed by atoms with Crippen LogP contribution in [0.3, 0.4) is 0 Å². The second-order valence-electron chi connectivity index (χ2n) is 11.9. The zero-order valence-electron chi connectivity index (χ0n) is 23.6. The molecular formula is C40H31N. The molecule has 0 fully saturated rings. The Labute approximate surface area is 241 Å². The molecule has 7 aromatic rings. The fourth-order valence-corrected chi connectivity index (χ4v) is 7.07. The summed E-state index contributed by atoms with van der Waals surface area (Å²) in [6, 6.07) is 49.1. The van der Waals surface area contributed by atoms with Crippen LogP contribution in [0.1, 0.15) is 30.5 Å². The Kier molecular flexibility index (Phi) is 5.15. The molecule has 0 heterocycles. The van der Waals surface area contributed by atoms with Crippen molar-refractivity contribution in [3.05, 3.63) is 150 Å². The van der Waals surface area contributed by atoms with Crippen molar-refractivity contribution in [2.45, 2.75) is 26.2 Å². The topological polar surface area (TPSA) is 3.24 Å². The van der Waals surface area contributed by atoms with E-state index in [1.807, 2.05) is 0 Å². The van der Waals surface area contributed by atoms with Crippen LogP contribution >= 0.6 is 0 Å². The second-order valence-corrected chi connectivity index (χ2v) is 11.9. The third kappa shape index (κ3) is 3.55. The van der Waals surface area contributed by atoms with Gasteiger partial charge in [0.25, 0.3) is 0 Å². The van der Waals surface area contributed by atoms with Crippen LogP contribution < -0.4 is 4.90 Å². The summed E-state index contributed by atoms with van der Waals surface area (Å²) in [5.74, 6) is 0. The van der Waals surface area contributed by atoms with Crippen molar-refractivity contribution in [2.75, 3.05) is 4.90 Å². The summed E-state index contributed by atoms with van der Waals surface area (Å²) in [5, 5.41) is 7.91. The molecule has 0 spiro atoms. The maximum atomic E-state index is 2.45. The summed E-state index contributed by atoms with van der Waals surface area (Å²) >= 11 is 0. The lowest BCUT2D eigenvalue weighted by atomic mass is 9.79. The molecule has 0 saturated carbocycles. The summed E-state index contributed by atoms with van der Waals surface area (Å²) < 4.78 is 0. The minimum absolute atomic E-state index is 0.116. The fourth-order valence-electron chi connectivity index (χ4n) is 7.07. The molecule has 0 aliphatic heterocycles. The number of benzene rings is 7. The summed E-state index contributed by atoms with van der Waals surface area (Å²) in [6.45, 7) is 6.94. The molecule has 0 aromatic heterocycles. The lowest BCUT2D eigenvalue weighted by molar-refractivity contribution is 0.667. The Morgan fingerprint density at radius 2 is 1.07 bits per heavy atom. The number of aryl methyl sites for hydroxylation is 1. The van der Waals surface area contributed by atoms with Crippen LogP contribution in [-0.4, -0.2) is 0 Å². The molecule has 0 radical (unpaired) electrons. The van der Waals surface area contributed by atoms with Crippen LogP contribution in [0, 0.1) is 6.92 Å². The van der Waals surface area contributed by atoms with E-state index in [4.69, 9.17) is 0 Å². The second kappa shape index (κ2) is 8.81. The van der Waals surface area contributed by atoms with Crippen molar-refractivity contribution in [1.29, 1.82) is 0 Å². The number of anilines is 3. The van der Waals surface area contributed by atoms with Gasteiger partial charge in [0.15, 0.2) is 0 Å². The molecule has 0 atom stereocenters. The molecule has 41 heavy (non-hydrogen) atoms. The van der Waals surface area contributed by atoms with E-state index in [0.29, 0.717) is 0 Å². The van der Waals surface area contributed by atoms with Gasteiger partial charge in [0, 0.05) is 22.5 Å². The van der Waals surface area contributed by atoms with E-state index >= 15 is 0 Å². The summed E-state index contributed by atoms with van der Waals surface area (Å²) in [5.41, 5.74) is 10.2. The average Bonchev–Trinajstić information content (AvgIpc) is 3.24. The maximum absolute atomic E-state index is 2.45. The standard InChI is InChI=1S/C40H31N/c1-26-17-20-30(21-18-26)41(29-11-5-4-6-12-29)31-22-19-27-24-36-37(25-28(27)23-31)40(2,3)39-35-16-10-8-14-33(35)32-13-7-9-15-34(32)38(36)39/h4-25H,1-3H3. The molecule has 0 bridgehead atoms. The van der Waals surface area contributed by atoms with Crippen LogP contribution in [0.5, 0.6) is 0 Å². The first-order chi connectivity index (χ1) is 20.0. The van der Waals surface area contributed by atoms with Gasteiger partial charge in [0.1, 0.15) is 0 Å². The van der Waals surface area contributed by atoms with Gasteiger partial charge in [-0.2, -0.15) is 0 Å². The number of para-hydroxylation sites is 1. The minimum atomic E-state index is -0.116. The van der Waals surface area contributed by atoms with E-state index in [-0.39, 0.29) is 5.41 Å². The molecule has 8 rings (SSSR count). The smallest absolute Gasteiger partial charge is 0.0468 e. The molecule has 0 unspecified atom stereocenters. The first-order valence-electron chi connectivity index (χ1n) is 14.5. The van der Waals surface area contributed by atoms with E-state index < -0.39 is 0 Å². The molecular weight excluding hydrogens is 494 g/mol. The van der Waals surface area contributed by atoms with Crippen LogP contribution in [0.2, 0.25) is 0 Å². The van der Waals surface area contributed by atoms with Gasteiger partial charge in [0.05, 0.1) is 0 Å². The molecule has 0 N–H and O–H groups in total. The van der Waals surface area contributed by atoms with Gasteiger partial charge in [-0.15, -0.1) is 0 Å². The van der Waals surface area contributed by atoms with Gasteiger partial charge >= 0.3 is 0 Å². The van der Waals surface area contributed by atoms with Gasteiger partial charge in [-0.05, 0) is 110 Å². The van der Waals surface area contributed by atoms with Gasteiger partial charge in [-0.1, -0.05) is 104 Å². The van der Waals surface area contributed by atoms with Gasteiger partial charge in [-0.25, -0.2) is 0 Å². The van der Waals surface area contributed by atoms with E-state index in [9.17, 15) is 0 Å². The van der Waals surface area contributed by atoms with Gasteiger partial charge in [-0.3, -0.25) is 0 Å². The van der Waals surface area contributed by atoms with E-state index in [1.165, 1.54) is 60.1 Å². The highest BCUT2D eigenvalue weighted by atomic mass is 15.1. The molecule has 1 aliphatic carbocycles. The SMILES string of the molecule is Cc1ccc(N(c2ccccc2)c2ccc3cc4c(cc3c2)C(C)(C)c2c-4c3ccccc3c3ccccc23)cc1. The molecule has 1 nitrogen and oxygen atoms in total. The van der Waals surface area contributed by atoms with Crippen LogP contribution in [0.25, 0.3) is 43.4 Å². The Bertz CT molecular complexity index is 2120. The Morgan fingerprint density at radius 3 is 1.80 bits per heavy atom. The van der Waals surface area contributed by atoms with Crippen molar-refractivity contribution >= 4 is 49.4 Å². The molecule has 196 valence electrons. The lowest BCUT2D eigenvalue weighted by Crippen LogP contribution is -2.15. The molecule has 7 aromatic carbocycles. The highest BCUT2D eigenvalue weighted by Gasteiger charge is 2.38. The van der Waals surface area contributed by atoms with Gasteiger partial charge in [0.2, 0.25) is 0 Å². The monoisotopic (exact) mass is 525 g/mol. The lowest BCUT2D eigenvalue weighted by Gasteiger charge is -2.26. The third-order valence-corrected chi connectivity index (χ3v) is 9.03. The van der Waals surface area contributed by atoms with Crippen LogP contribution in [0.15, 0.2) is 133 Å². The van der Waals surface area contributed by atoms with Crippen LogP contribution in [-0.2, 0) is 5.41 Å². The van der Waals surface area contributed by atoms with E-state index in [2.05, 4.69) is 159 Å². The quantitative estimate of drug-likeness (QED) is 0.207. The number of nitrogens with zero attached hydrogens (tertiary/aromatic N) is 1. The van der Waals surface area contributed by atoms with E-state index in [1.54, 1.807) is 0 Å². The summed E-state index contributed by atoms with van der Waals surface area (Å²) in [6.07, 6.45) is 0. The number of hydrogen-bond acceptors (Lipinski definition) is 1. The summed E-state index contributed by atoms with van der Waals surface area (Å²) in [4.78, 5) is 2.35. The molecule has 1 heteroatoms. The molecule has 0 amide bonds. The molecule has 1 aliphatic rings. The van der Waals surface area contributed by atoms with Crippen molar-refractivity contribution in [3.63, 3.8) is 0 Å². The normalized spacial score (nSPS) is 13.4. The largest absolute Gasteiger partial charge is 0.310 e. The average molecular weight is 526 g/mol. The summed E-state index contributed by atoms with van der Waals surface area (Å²) in [7, 11) is 0. The Balaban J connectivity index is 1.37. The van der Waals surface area contributed by atoms with Crippen LogP contribution in [0.4, 0.5) is 17.1 Å². The number of fused-ring (bicyclic) bond motifs is 9. The predicted molar refractivity (Wildman–Crippen MR) is 176 cm³/mol. The number of hydrogen-bond donors (Lipinski definition) is 0. The maximum Gasteiger partial charge on any atom is 0.0468 e. The fraction of sp³-hybridized carbons (Fsp3) is 0.100. The molecule has 0 saturated heterocycles. The first-order valence-corrected chi connectivity index (χ1v) is 14.5.